The molecule has 54 heavy (non-hydrogen) atoms. The first-order valence-electron chi connectivity index (χ1n) is 18.9. The van der Waals surface area contributed by atoms with Crippen LogP contribution < -0.4 is 14.7 Å². The number of rotatable bonds is 7. The summed E-state index contributed by atoms with van der Waals surface area (Å²) in [7, 11) is 0. The highest BCUT2D eigenvalue weighted by Gasteiger charge is 2.45. The molecule has 0 aromatic heterocycles. The van der Waals surface area contributed by atoms with E-state index in [0.29, 0.717) is 0 Å². The highest BCUT2D eigenvalue weighted by atomic mass is 15.2. The summed E-state index contributed by atoms with van der Waals surface area (Å²) in [6.07, 6.45) is 4.96. The Morgan fingerprint density at radius 3 is 1.69 bits per heavy atom. The number of para-hydroxylation sites is 5. The second-order valence-corrected chi connectivity index (χ2v) is 15.0. The van der Waals surface area contributed by atoms with Gasteiger partial charge in [0.2, 0.25) is 0 Å². The third kappa shape index (κ3) is 5.11. The Hall–Kier alpha value is -6.58. The van der Waals surface area contributed by atoms with Crippen LogP contribution in [0.1, 0.15) is 36.5 Å². The van der Waals surface area contributed by atoms with Gasteiger partial charge in [0.15, 0.2) is 0 Å². The van der Waals surface area contributed by atoms with Crippen LogP contribution in [0.15, 0.2) is 212 Å². The predicted octanol–water partition coefficient (Wildman–Crippen LogP) is 13.1. The molecule has 0 bridgehead atoms. The number of fused-ring (bicyclic) bond motifs is 6. The fraction of sp³-hybridized carbons (Fsp3) is 0.0980. The van der Waals surface area contributed by atoms with Gasteiger partial charge in [-0.2, -0.15) is 0 Å². The maximum absolute atomic E-state index is 2.55. The van der Waals surface area contributed by atoms with Gasteiger partial charge in [-0.15, -0.1) is 0 Å². The molecule has 0 amide bonds. The third-order valence-electron chi connectivity index (χ3n) is 11.5. The molecule has 2 unspecified atom stereocenters. The van der Waals surface area contributed by atoms with Crippen molar-refractivity contribution in [3.63, 3.8) is 0 Å². The van der Waals surface area contributed by atoms with Gasteiger partial charge in [0.1, 0.15) is 0 Å². The van der Waals surface area contributed by atoms with Gasteiger partial charge in [0, 0.05) is 50.9 Å². The average molecular weight is 696 g/mol. The minimum absolute atomic E-state index is 0.0102. The molecule has 2 atom stereocenters. The monoisotopic (exact) mass is 695 g/mol. The Morgan fingerprint density at radius 2 is 1.02 bits per heavy atom. The summed E-state index contributed by atoms with van der Waals surface area (Å²) in [5.74, 6) is 0.0663. The van der Waals surface area contributed by atoms with Crippen molar-refractivity contribution in [1.29, 1.82) is 0 Å². The summed E-state index contributed by atoms with van der Waals surface area (Å²) in [5.41, 5.74) is 15.9. The van der Waals surface area contributed by atoms with E-state index in [0.717, 1.165) is 28.4 Å². The van der Waals surface area contributed by atoms with Crippen molar-refractivity contribution in [2.45, 2.75) is 31.2 Å². The molecule has 3 nitrogen and oxygen atoms in total. The topological polar surface area (TPSA) is 9.72 Å². The van der Waals surface area contributed by atoms with E-state index in [4.69, 9.17) is 0 Å². The van der Waals surface area contributed by atoms with E-state index in [1.54, 1.807) is 0 Å². The Balaban J connectivity index is 1.23. The minimum Gasteiger partial charge on any atom is -0.333 e. The summed E-state index contributed by atoms with van der Waals surface area (Å²) >= 11 is 0. The number of nitrogens with zero attached hydrogens (tertiary/aromatic N) is 3. The molecule has 7 aromatic rings. The van der Waals surface area contributed by atoms with Crippen LogP contribution in [-0.2, 0) is 5.41 Å². The molecule has 0 spiro atoms. The van der Waals surface area contributed by atoms with Gasteiger partial charge in [-0.25, -0.2) is 0 Å². The molecule has 0 N–H and O–H groups in total. The van der Waals surface area contributed by atoms with Gasteiger partial charge in [-0.3, -0.25) is 0 Å². The van der Waals surface area contributed by atoms with Crippen LogP contribution in [0.4, 0.5) is 34.1 Å². The highest BCUT2D eigenvalue weighted by Crippen LogP contribution is 2.55. The maximum Gasteiger partial charge on any atom is 0.0670 e. The first-order chi connectivity index (χ1) is 26.6. The molecule has 0 fully saturated rings. The Bertz CT molecular complexity index is 2500. The molecular weight excluding hydrogens is 655 g/mol. The largest absolute Gasteiger partial charge is 0.333 e. The molecule has 260 valence electrons. The zero-order valence-electron chi connectivity index (χ0n) is 30.5. The van der Waals surface area contributed by atoms with Crippen molar-refractivity contribution in [3.05, 3.63) is 228 Å². The van der Waals surface area contributed by atoms with Gasteiger partial charge in [-0.1, -0.05) is 135 Å². The van der Waals surface area contributed by atoms with Crippen molar-refractivity contribution in [2.75, 3.05) is 14.7 Å². The summed E-state index contributed by atoms with van der Waals surface area (Å²) in [6, 6.07) is 68.4. The molecular formula is C51H41N3. The fourth-order valence-electron chi connectivity index (χ4n) is 9.13. The second kappa shape index (κ2) is 12.8. The first kappa shape index (κ1) is 32.1. The van der Waals surface area contributed by atoms with Gasteiger partial charge in [0.05, 0.1) is 12.0 Å². The lowest BCUT2D eigenvalue weighted by atomic mass is 9.82. The third-order valence-corrected chi connectivity index (χ3v) is 11.5. The Morgan fingerprint density at radius 1 is 0.481 bits per heavy atom. The molecule has 0 radical (unpaired) electrons. The standard InChI is InChI=1S/C51H41N3/c1-51(2)45-29-17-15-27-42(45)43-32-31-40(33-46(43)51)52(36-19-7-3-8-20-36)41-34-48(53(37-21-9-4-10-22-37)38-23-11-5-12-24-38)50-44-28-16-18-30-47(44)54(49(50)35-41)39-25-13-6-14-26-39/h3-35,49-50H,1-2H3. The molecule has 2 aliphatic carbocycles. The quantitative estimate of drug-likeness (QED) is 0.164. The van der Waals surface area contributed by atoms with Gasteiger partial charge < -0.3 is 14.7 Å². The summed E-state index contributed by atoms with van der Waals surface area (Å²) in [5, 5.41) is 0. The summed E-state index contributed by atoms with van der Waals surface area (Å²) in [6.45, 7) is 4.73. The van der Waals surface area contributed by atoms with Crippen molar-refractivity contribution < 1.29 is 0 Å². The number of anilines is 6. The summed E-state index contributed by atoms with van der Waals surface area (Å²) in [4.78, 5) is 7.49. The van der Waals surface area contributed by atoms with Crippen molar-refractivity contribution in [2.24, 2.45) is 0 Å². The fourth-order valence-corrected chi connectivity index (χ4v) is 9.13. The van der Waals surface area contributed by atoms with Crippen LogP contribution in [0.5, 0.6) is 0 Å². The van der Waals surface area contributed by atoms with Gasteiger partial charge in [-0.05, 0) is 107 Å². The lowest BCUT2D eigenvalue weighted by Crippen LogP contribution is -2.37. The smallest absolute Gasteiger partial charge is 0.0670 e. The van der Waals surface area contributed by atoms with Crippen LogP contribution in [0, 0.1) is 0 Å². The normalized spacial score (nSPS) is 17.4. The van der Waals surface area contributed by atoms with Crippen molar-refractivity contribution in [3.8, 4) is 11.1 Å². The first-order valence-corrected chi connectivity index (χ1v) is 18.9. The van der Waals surface area contributed by atoms with E-state index in [9.17, 15) is 0 Å². The zero-order chi connectivity index (χ0) is 36.2. The van der Waals surface area contributed by atoms with Crippen molar-refractivity contribution >= 4 is 34.1 Å². The van der Waals surface area contributed by atoms with Crippen LogP contribution >= 0.6 is 0 Å². The SMILES string of the molecule is CC1(C)c2ccccc2-c2ccc(N(C3=CC4C(C(N(c5ccccc5)c5ccccc5)=C3)c3ccccc3N4c3ccccc3)c3ccccc3)cc21. The molecule has 10 rings (SSSR count). The van der Waals surface area contributed by atoms with Crippen LogP contribution in [0.2, 0.25) is 0 Å². The molecule has 1 heterocycles. The van der Waals surface area contributed by atoms with Crippen molar-refractivity contribution in [1.82, 2.24) is 0 Å². The molecule has 3 aliphatic rings. The highest BCUT2D eigenvalue weighted by molar-refractivity contribution is 5.86. The molecule has 3 heteroatoms. The Labute approximate surface area is 318 Å². The number of allylic oxidation sites excluding steroid dienone is 1. The number of hydrogen-bond acceptors (Lipinski definition) is 3. The average Bonchev–Trinajstić information content (AvgIpc) is 3.68. The zero-order valence-corrected chi connectivity index (χ0v) is 30.5. The van der Waals surface area contributed by atoms with Crippen LogP contribution in [0.25, 0.3) is 11.1 Å². The van der Waals surface area contributed by atoms with Gasteiger partial charge >= 0.3 is 0 Å². The van der Waals surface area contributed by atoms with Crippen LogP contribution in [0.3, 0.4) is 0 Å². The second-order valence-electron chi connectivity index (χ2n) is 15.0. The lowest BCUT2D eigenvalue weighted by Gasteiger charge is -2.40. The molecule has 7 aromatic carbocycles. The van der Waals surface area contributed by atoms with Gasteiger partial charge in [0.25, 0.3) is 0 Å². The van der Waals surface area contributed by atoms with E-state index < -0.39 is 0 Å². The van der Waals surface area contributed by atoms with Crippen LogP contribution in [-0.4, -0.2) is 6.04 Å². The minimum atomic E-state index is -0.119. The molecule has 1 aliphatic heterocycles. The lowest BCUT2D eigenvalue weighted by molar-refractivity contribution is 0.660. The van der Waals surface area contributed by atoms with E-state index in [1.807, 2.05) is 0 Å². The number of hydrogen-bond donors (Lipinski definition) is 0. The molecule has 0 saturated carbocycles. The molecule has 0 saturated heterocycles. The van der Waals surface area contributed by atoms with E-state index in [2.05, 4.69) is 229 Å². The van der Waals surface area contributed by atoms with E-state index in [-0.39, 0.29) is 17.4 Å². The predicted molar refractivity (Wildman–Crippen MR) is 225 cm³/mol. The van der Waals surface area contributed by atoms with E-state index in [1.165, 1.54) is 44.9 Å². The maximum atomic E-state index is 2.55. The Kier molecular flexibility index (Phi) is 7.62. The van der Waals surface area contributed by atoms with E-state index >= 15 is 0 Å². The number of benzene rings is 7. The summed E-state index contributed by atoms with van der Waals surface area (Å²) < 4.78 is 0.